The number of carbonyl (C=O) groups is 1. The third-order valence-corrected chi connectivity index (χ3v) is 5.94. The molecule has 0 bridgehead atoms. The van der Waals surface area contributed by atoms with Crippen LogP contribution in [0.4, 0.5) is 4.39 Å². The van der Waals surface area contributed by atoms with Crippen LogP contribution in [0, 0.1) is 5.82 Å². The van der Waals surface area contributed by atoms with Crippen LogP contribution < -0.4 is 5.73 Å². The normalized spacial score (nSPS) is 13.9. The maximum Gasteiger partial charge on any atom is 0.267 e. The van der Waals surface area contributed by atoms with Crippen LogP contribution in [0.15, 0.2) is 59.5 Å². The largest absolute Gasteiger partial charge is 0.364 e. The molecule has 0 fully saturated rings. The van der Waals surface area contributed by atoms with Crippen LogP contribution in [0.5, 0.6) is 0 Å². The molecule has 4 nitrogen and oxygen atoms in total. The summed E-state index contributed by atoms with van der Waals surface area (Å²) in [5.41, 5.74) is 9.91. The summed E-state index contributed by atoms with van der Waals surface area (Å²) in [5.74, 6) is -0.914. The zero-order chi connectivity index (χ0) is 20.4. The SMILES string of the molecule is CSc1cccc(CN2CCc3c(-c4ccccc4F)cc(C(N)=O)nc3C2)c1. The molecular weight excluding hydrogens is 385 g/mol. The fourth-order valence-corrected chi connectivity index (χ4v) is 4.29. The van der Waals surface area contributed by atoms with Crippen molar-refractivity contribution in [2.45, 2.75) is 24.4 Å². The Balaban J connectivity index is 1.68. The first-order chi connectivity index (χ1) is 14.0. The fraction of sp³-hybridized carbons (Fsp3) is 0.217. The number of halogens is 1. The van der Waals surface area contributed by atoms with Gasteiger partial charge in [0.15, 0.2) is 0 Å². The minimum Gasteiger partial charge on any atom is -0.364 e. The lowest BCUT2D eigenvalue weighted by atomic mass is 9.92. The molecule has 29 heavy (non-hydrogen) atoms. The number of nitrogens with two attached hydrogens (primary N) is 1. The third kappa shape index (κ3) is 4.18. The smallest absolute Gasteiger partial charge is 0.267 e. The van der Waals surface area contributed by atoms with Crippen LogP contribution >= 0.6 is 11.8 Å². The molecular formula is C23H22FN3OS. The quantitative estimate of drug-likeness (QED) is 0.642. The molecule has 0 radical (unpaired) electrons. The Kier molecular flexibility index (Phi) is 5.65. The van der Waals surface area contributed by atoms with E-state index in [1.165, 1.54) is 16.5 Å². The summed E-state index contributed by atoms with van der Waals surface area (Å²) in [6, 6.07) is 16.7. The Morgan fingerprint density at radius 2 is 2.00 bits per heavy atom. The van der Waals surface area contributed by atoms with Crippen molar-refractivity contribution in [1.82, 2.24) is 9.88 Å². The number of amides is 1. The topological polar surface area (TPSA) is 59.2 Å². The van der Waals surface area contributed by atoms with E-state index in [0.717, 1.165) is 30.8 Å². The highest BCUT2D eigenvalue weighted by Gasteiger charge is 2.24. The first kappa shape index (κ1) is 19.6. The molecule has 0 saturated carbocycles. The summed E-state index contributed by atoms with van der Waals surface area (Å²) in [4.78, 5) is 19.9. The standard InChI is InChI=1S/C23H22FN3OS/c1-29-16-6-4-5-15(11-16)13-27-10-9-18-19(17-7-2-3-8-20(17)24)12-21(23(25)28)26-22(18)14-27/h2-8,11-12H,9-10,13-14H2,1H3,(H2,25,28). The first-order valence-electron chi connectivity index (χ1n) is 9.48. The zero-order valence-electron chi connectivity index (χ0n) is 16.2. The highest BCUT2D eigenvalue weighted by Crippen LogP contribution is 2.32. The number of carbonyl (C=O) groups excluding carboxylic acids is 1. The van der Waals surface area contributed by atoms with Gasteiger partial charge in [0.25, 0.3) is 5.91 Å². The van der Waals surface area contributed by atoms with Crippen LogP contribution in [0.25, 0.3) is 11.1 Å². The van der Waals surface area contributed by atoms with Crippen molar-refractivity contribution >= 4 is 17.7 Å². The summed E-state index contributed by atoms with van der Waals surface area (Å²) < 4.78 is 14.5. The predicted octanol–water partition coefficient (Wildman–Crippen LogP) is 4.27. The number of pyridine rings is 1. The van der Waals surface area contributed by atoms with Gasteiger partial charge in [0, 0.05) is 30.1 Å². The van der Waals surface area contributed by atoms with Gasteiger partial charge in [-0.3, -0.25) is 9.69 Å². The Labute approximate surface area is 173 Å². The number of hydrogen-bond donors (Lipinski definition) is 1. The molecule has 0 spiro atoms. The number of rotatable bonds is 5. The summed E-state index contributed by atoms with van der Waals surface area (Å²) in [6.45, 7) is 2.24. The van der Waals surface area contributed by atoms with Crippen molar-refractivity contribution in [2.75, 3.05) is 12.8 Å². The van der Waals surface area contributed by atoms with Crippen molar-refractivity contribution in [1.29, 1.82) is 0 Å². The molecule has 1 aromatic heterocycles. The Bertz CT molecular complexity index is 1070. The van der Waals surface area contributed by atoms with E-state index in [1.54, 1.807) is 36.0 Å². The first-order valence-corrected chi connectivity index (χ1v) is 10.7. The maximum absolute atomic E-state index is 14.5. The average molecular weight is 408 g/mol. The second-order valence-corrected chi connectivity index (χ2v) is 8.02. The van der Waals surface area contributed by atoms with Gasteiger partial charge in [-0.25, -0.2) is 9.37 Å². The van der Waals surface area contributed by atoms with Gasteiger partial charge in [-0.05, 0) is 53.6 Å². The molecule has 1 amide bonds. The molecule has 148 valence electrons. The van der Waals surface area contributed by atoms with E-state index in [0.29, 0.717) is 17.7 Å². The van der Waals surface area contributed by atoms with Crippen LogP contribution in [0.1, 0.15) is 27.3 Å². The van der Waals surface area contributed by atoms with Crippen LogP contribution in [0.2, 0.25) is 0 Å². The number of hydrogen-bond acceptors (Lipinski definition) is 4. The number of nitrogens with zero attached hydrogens (tertiary/aromatic N) is 2. The van der Waals surface area contributed by atoms with Crippen molar-refractivity contribution in [3.05, 3.63) is 82.9 Å². The Morgan fingerprint density at radius 1 is 1.17 bits per heavy atom. The van der Waals surface area contributed by atoms with E-state index in [9.17, 15) is 9.18 Å². The third-order valence-electron chi connectivity index (χ3n) is 5.22. The van der Waals surface area contributed by atoms with E-state index in [1.807, 2.05) is 0 Å². The molecule has 2 aromatic carbocycles. The van der Waals surface area contributed by atoms with Crippen LogP contribution in [-0.4, -0.2) is 28.6 Å². The van der Waals surface area contributed by atoms with Gasteiger partial charge in [0.05, 0.1) is 5.69 Å². The average Bonchev–Trinajstić information content (AvgIpc) is 2.73. The number of benzene rings is 2. The molecule has 0 saturated heterocycles. The van der Waals surface area contributed by atoms with Crippen LogP contribution in [-0.2, 0) is 19.5 Å². The zero-order valence-corrected chi connectivity index (χ0v) is 17.0. The minimum absolute atomic E-state index is 0.174. The van der Waals surface area contributed by atoms with E-state index in [4.69, 9.17) is 5.73 Å². The van der Waals surface area contributed by atoms with E-state index in [-0.39, 0.29) is 11.5 Å². The van der Waals surface area contributed by atoms with Gasteiger partial charge in [0.2, 0.25) is 0 Å². The number of fused-ring (bicyclic) bond motifs is 1. The minimum atomic E-state index is -0.602. The molecule has 0 aliphatic carbocycles. The fourth-order valence-electron chi connectivity index (χ4n) is 3.81. The monoisotopic (exact) mass is 407 g/mol. The summed E-state index contributed by atoms with van der Waals surface area (Å²) >= 11 is 1.72. The van der Waals surface area contributed by atoms with Gasteiger partial charge in [-0.15, -0.1) is 11.8 Å². The summed E-state index contributed by atoms with van der Waals surface area (Å²) in [7, 11) is 0. The summed E-state index contributed by atoms with van der Waals surface area (Å²) in [6.07, 6.45) is 2.81. The van der Waals surface area contributed by atoms with Crippen molar-refractivity contribution in [2.24, 2.45) is 5.73 Å². The van der Waals surface area contributed by atoms with E-state index in [2.05, 4.69) is 40.4 Å². The molecule has 2 N–H and O–H groups in total. The lowest BCUT2D eigenvalue weighted by molar-refractivity contribution is 0.0995. The lowest BCUT2D eigenvalue weighted by Crippen LogP contribution is -2.32. The molecule has 4 rings (SSSR count). The van der Waals surface area contributed by atoms with Gasteiger partial charge in [0.1, 0.15) is 11.5 Å². The van der Waals surface area contributed by atoms with Gasteiger partial charge < -0.3 is 5.73 Å². The molecule has 0 atom stereocenters. The highest BCUT2D eigenvalue weighted by atomic mass is 32.2. The van der Waals surface area contributed by atoms with Crippen molar-refractivity contribution < 1.29 is 9.18 Å². The maximum atomic E-state index is 14.5. The Morgan fingerprint density at radius 3 is 2.76 bits per heavy atom. The van der Waals surface area contributed by atoms with E-state index >= 15 is 0 Å². The highest BCUT2D eigenvalue weighted by molar-refractivity contribution is 7.98. The van der Waals surface area contributed by atoms with Gasteiger partial charge >= 0.3 is 0 Å². The Hall–Kier alpha value is -2.70. The second-order valence-electron chi connectivity index (χ2n) is 7.14. The second kappa shape index (κ2) is 8.35. The summed E-state index contributed by atoms with van der Waals surface area (Å²) in [5, 5.41) is 0. The van der Waals surface area contributed by atoms with Gasteiger partial charge in [-0.1, -0.05) is 30.3 Å². The van der Waals surface area contributed by atoms with Crippen LogP contribution in [0.3, 0.4) is 0 Å². The van der Waals surface area contributed by atoms with Crippen molar-refractivity contribution in [3.8, 4) is 11.1 Å². The van der Waals surface area contributed by atoms with E-state index < -0.39 is 5.91 Å². The predicted molar refractivity (Wildman–Crippen MR) is 114 cm³/mol. The number of thioether (sulfide) groups is 1. The van der Waals surface area contributed by atoms with Crippen molar-refractivity contribution in [3.63, 3.8) is 0 Å². The molecule has 2 heterocycles. The lowest BCUT2D eigenvalue weighted by Gasteiger charge is -2.30. The van der Waals surface area contributed by atoms with Gasteiger partial charge in [-0.2, -0.15) is 0 Å². The molecule has 0 unspecified atom stereocenters. The molecule has 1 aliphatic rings. The number of aromatic nitrogens is 1. The molecule has 3 aromatic rings. The number of primary amides is 1. The molecule has 1 aliphatic heterocycles. The molecule has 6 heteroatoms.